The minimum atomic E-state index is -0.997. The van der Waals surface area contributed by atoms with Crippen LogP contribution in [0.15, 0.2) is 65.4 Å². The van der Waals surface area contributed by atoms with Gasteiger partial charge >= 0.3 is 5.97 Å². The van der Waals surface area contributed by atoms with Crippen molar-refractivity contribution in [2.75, 3.05) is 7.11 Å². The lowest BCUT2D eigenvalue weighted by molar-refractivity contribution is 0.0698. The SMILES string of the molecule is CCCCc1cnc(-c2ccc(OC)cc2)c(-c2ccc3c(C(=O)O)coc3c2)c1. The second-order valence-electron chi connectivity index (χ2n) is 7.24. The van der Waals surface area contributed by atoms with Crippen molar-refractivity contribution in [1.29, 1.82) is 0 Å². The number of nitrogens with zero attached hydrogens (tertiary/aromatic N) is 1. The van der Waals surface area contributed by atoms with E-state index in [9.17, 15) is 9.90 Å². The van der Waals surface area contributed by atoms with Gasteiger partial charge < -0.3 is 14.3 Å². The maximum Gasteiger partial charge on any atom is 0.339 e. The number of pyridine rings is 1. The molecule has 0 saturated carbocycles. The molecular weight excluding hydrogens is 378 g/mol. The molecule has 4 rings (SSSR count). The smallest absolute Gasteiger partial charge is 0.339 e. The van der Waals surface area contributed by atoms with Crippen molar-refractivity contribution in [1.82, 2.24) is 4.98 Å². The van der Waals surface area contributed by atoms with Gasteiger partial charge in [-0.25, -0.2) is 4.79 Å². The van der Waals surface area contributed by atoms with E-state index in [-0.39, 0.29) is 5.56 Å². The molecule has 2 aromatic carbocycles. The van der Waals surface area contributed by atoms with Crippen LogP contribution in [0.3, 0.4) is 0 Å². The fourth-order valence-corrected chi connectivity index (χ4v) is 3.59. The quantitative estimate of drug-likeness (QED) is 0.398. The zero-order valence-electron chi connectivity index (χ0n) is 17.0. The summed E-state index contributed by atoms with van der Waals surface area (Å²) >= 11 is 0. The van der Waals surface area contributed by atoms with E-state index in [4.69, 9.17) is 14.1 Å². The average Bonchev–Trinajstić information content (AvgIpc) is 3.21. The third-order valence-electron chi connectivity index (χ3n) is 5.24. The van der Waals surface area contributed by atoms with Gasteiger partial charge in [0, 0.05) is 22.7 Å². The molecule has 0 saturated heterocycles. The Bertz CT molecular complexity index is 1190. The van der Waals surface area contributed by atoms with Crippen molar-refractivity contribution < 1.29 is 19.1 Å². The van der Waals surface area contributed by atoms with Gasteiger partial charge in [0.1, 0.15) is 23.2 Å². The van der Waals surface area contributed by atoms with E-state index in [0.717, 1.165) is 47.4 Å². The molecule has 0 fully saturated rings. The van der Waals surface area contributed by atoms with Crippen LogP contribution in [0.2, 0.25) is 0 Å². The van der Waals surface area contributed by atoms with Gasteiger partial charge in [-0.05, 0) is 66.4 Å². The van der Waals surface area contributed by atoms with Crippen molar-refractivity contribution in [3.63, 3.8) is 0 Å². The summed E-state index contributed by atoms with van der Waals surface area (Å²) in [6, 6.07) is 15.6. The lowest BCUT2D eigenvalue weighted by atomic mass is 9.96. The number of unbranched alkanes of at least 4 members (excludes halogenated alkanes) is 1. The van der Waals surface area contributed by atoms with Crippen LogP contribution in [0.5, 0.6) is 5.75 Å². The van der Waals surface area contributed by atoms with Crippen LogP contribution in [0.4, 0.5) is 0 Å². The lowest BCUT2D eigenvalue weighted by Crippen LogP contribution is -1.95. The number of carbonyl (C=O) groups is 1. The van der Waals surface area contributed by atoms with Crippen molar-refractivity contribution in [2.45, 2.75) is 26.2 Å². The normalized spacial score (nSPS) is 11.0. The monoisotopic (exact) mass is 401 g/mol. The Kier molecular flexibility index (Phi) is 5.53. The summed E-state index contributed by atoms with van der Waals surface area (Å²) in [7, 11) is 1.64. The van der Waals surface area contributed by atoms with Gasteiger partial charge in [0.05, 0.1) is 12.8 Å². The molecule has 4 aromatic rings. The number of aryl methyl sites for hydroxylation is 1. The van der Waals surface area contributed by atoms with Gasteiger partial charge in [-0.15, -0.1) is 0 Å². The summed E-state index contributed by atoms with van der Waals surface area (Å²) in [5.41, 5.74) is 5.66. The highest BCUT2D eigenvalue weighted by molar-refractivity contribution is 6.03. The Morgan fingerprint density at radius 3 is 2.57 bits per heavy atom. The molecule has 0 atom stereocenters. The predicted octanol–water partition coefficient (Wildman–Crippen LogP) is 6.21. The summed E-state index contributed by atoms with van der Waals surface area (Å²) in [4.78, 5) is 16.2. The van der Waals surface area contributed by atoms with Crippen LogP contribution in [-0.4, -0.2) is 23.2 Å². The van der Waals surface area contributed by atoms with Gasteiger partial charge in [-0.2, -0.15) is 0 Å². The number of rotatable bonds is 7. The summed E-state index contributed by atoms with van der Waals surface area (Å²) in [5, 5.41) is 9.92. The minimum absolute atomic E-state index is 0.168. The fraction of sp³-hybridized carbons (Fsp3) is 0.200. The van der Waals surface area contributed by atoms with E-state index < -0.39 is 5.97 Å². The molecule has 0 amide bonds. The number of fused-ring (bicyclic) bond motifs is 1. The zero-order valence-corrected chi connectivity index (χ0v) is 17.0. The predicted molar refractivity (Wildman–Crippen MR) is 117 cm³/mol. The Hall–Kier alpha value is -3.60. The summed E-state index contributed by atoms with van der Waals surface area (Å²) in [6.07, 6.45) is 6.41. The molecule has 5 heteroatoms. The molecule has 0 aliphatic rings. The summed E-state index contributed by atoms with van der Waals surface area (Å²) < 4.78 is 10.8. The fourth-order valence-electron chi connectivity index (χ4n) is 3.59. The molecule has 0 unspecified atom stereocenters. The van der Waals surface area contributed by atoms with Crippen LogP contribution in [0.1, 0.15) is 35.7 Å². The van der Waals surface area contributed by atoms with Gasteiger partial charge in [0.25, 0.3) is 0 Å². The second kappa shape index (κ2) is 8.41. The second-order valence-corrected chi connectivity index (χ2v) is 7.24. The number of furan rings is 1. The Morgan fingerprint density at radius 2 is 1.87 bits per heavy atom. The Morgan fingerprint density at radius 1 is 1.10 bits per heavy atom. The number of methoxy groups -OCH3 is 1. The Labute approximate surface area is 175 Å². The first-order valence-electron chi connectivity index (χ1n) is 9.99. The topological polar surface area (TPSA) is 72.6 Å². The largest absolute Gasteiger partial charge is 0.497 e. The molecule has 0 aliphatic heterocycles. The number of hydrogen-bond donors (Lipinski definition) is 1. The molecule has 0 radical (unpaired) electrons. The van der Waals surface area contributed by atoms with Crippen molar-refractivity contribution in [3.05, 3.63) is 72.1 Å². The standard InChI is InChI=1S/C25H23NO4/c1-3-4-5-16-12-21(24(26-14-16)17-6-9-19(29-2)10-7-17)18-8-11-20-22(25(27)28)15-30-23(20)13-18/h6-15H,3-5H2,1-2H3,(H,27,28). The van der Waals surface area contributed by atoms with Crippen LogP contribution in [0.25, 0.3) is 33.4 Å². The Balaban J connectivity index is 1.84. The molecule has 5 nitrogen and oxygen atoms in total. The third-order valence-corrected chi connectivity index (χ3v) is 5.24. The van der Waals surface area contributed by atoms with E-state index in [1.54, 1.807) is 13.2 Å². The molecule has 0 bridgehead atoms. The summed E-state index contributed by atoms with van der Waals surface area (Å²) in [6.45, 7) is 2.17. The molecule has 30 heavy (non-hydrogen) atoms. The van der Waals surface area contributed by atoms with Crippen LogP contribution in [0, 0.1) is 0 Å². The van der Waals surface area contributed by atoms with Crippen LogP contribution in [-0.2, 0) is 6.42 Å². The van der Waals surface area contributed by atoms with E-state index in [2.05, 4.69) is 13.0 Å². The number of carboxylic acid groups (broad SMARTS) is 1. The molecule has 0 aliphatic carbocycles. The zero-order chi connectivity index (χ0) is 21.1. The minimum Gasteiger partial charge on any atom is -0.497 e. The van der Waals surface area contributed by atoms with Gasteiger partial charge in [0.15, 0.2) is 0 Å². The molecule has 0 spiro atoms. The van der Waals surface area contributed by atoms with Crippen molar-refractivity contribution in [3.8, 4) is 28.1 Å². The van der Waals surface area contributed by atoms with Crippen LogP contribution < -0.4 is 4.74 Å². The lowest BCUT2D eigenvalue weighted by Gasteiger charge is -2.12. The number of aromatic nitrogens is 1. The molecule has 1 N–H and O–H groups in total. The number of aromatic carboxylic acids is 1. The highest BCUT2D eigenvalue weighted by Gasteiger charge is 2.16. The van der Waals surface area contributed by atoms with E-state index in [1.165, 1.54) is 11.8 Å². The number of benzene rings is 2. The molecular formula is C25H23NO4. The highest BCUT2D eigenvalue weighted by Crippen LogP contribution is 2.35. The van der Waals surface area contributed by atoms with Gasteiger partial charge in [-0.1, -0.05) is 19.4 Å². The van der Waals surface area contributed by atoms with E-state index in [0.29, 0.717) is 11.0 Å². The number of carboxylic acids is 1. The molecule has 2 aromatic heterocycles. The first-order valence-corrected chi connectivity index (χ1v) is 9.99. The summed E-state index contributed by atoms with van der Waals surface area (Å²) in [5.74, 6) is -0.207. The number of hydrogen-bond acceptors (Lipinski definition) is 4. The van der Waals surface area contributed by atoms with Gasteiger partial charge in [-0.3, -0.25) is 4.98 Å². The first-order chi connectivity index (χ1) is 14.6. The van der Waals surface area contributed by atoms with Crippen LogP contribution >= 0.6 is 0 Å². The van der Waals surface area contributed by atoms with E-state index >= 15 is 0 Å². The number of ether oxygens (including phenoxy) is 1. The van der Waals surface area contributed by atoms with Crippen molar-refractivity contribution >= 4 is 16.9 Å². The molecule has 2 heterocycles. The average molecular weight is 401 g/mol. The highest BCUT2D eigenvalue weighted by atomic mass is 16.5. The maximum absolute atomic E-state index is 11.4. The van der Waals surface area contributed by atoms with Crippen molar-refractivity contribution in [2.24, 2.45) is 0 Å². The molecule has 152 valence electrons. The van der Waals surface area contributed by atoms with E-state index in [1.807, 2.05) is 42.6 Å². The first kappa shape index (κ1) is 19.7. The van der Waals surface area contributed by atoms with Gasteiger partial charge in [0.2, 0.25) is 0 Å². The maximum atomic E-state index is 11.4. The third kappa shape index (κ3) is 3.79.